The van der Waals surface area contributed by atoms with Crippen molar-refractivity contribution < 1.29 is 14.3 Å². The van der Waals surface area contributed by atoms with Crippen molar-refractivity contribution in [3.63, 3.8) is 0 Å². The molecule has 0 saturated heterocycles. The zero-order chi connectivity index (χ0) is 25.8. The molecular formula is C29H33N5O3. The van der Waals surface area contributed by atoms with E-state index in [1.54, 1.807) is 19.4 Å². The molecule has 0 spiro atoms. The summed E-state index contributed by atoms with van der Waals surface area (Å²) in [5.74, 6) is 0.696. The lowest BCUT2D eigenvalue weighted by atomic mass is 9.85. The van der Waals surface area contributed by atoms with Gasteiger partial charge in [-0.1, -0.05) is 30.3 Å². The SMILES string of the molecule is CNC(=O)OC1CCC(CC(=O)Nc2cc(-c3ccccn3)c(-c3ccc(C4(N)CC4)cc3)cn2)CC1. The number of hydrogen-bond acceptors (Lipinski definition) is 6. The molecule has 5 rings (SSSR count). The van der Waals surface area contributed by atoms with Crippen LogP contribution < -0.4 is 16.4 Å². The third-order valence-corrected chi connectivity index (χ3v) is 7.42. The molecule has 8 heteroatoms. The Morgan fingerprint density at radius 1 is 1.03 bits per heavy atom. The Morgan fingerprint density at radius 2 is 1.78 bits per heavy atom. The number of carbonyl (C=O) groups is 2. The van der Waals surface area contributed by atoms with Crippen LogP contribution in [0.5, 0.6) is 0 Å². The minimum absolute atomic E-state index is 0.0649. The van der Waals surface area contributed by atoms with Crippen LogP contribution in [-0.2, 0) is 15.1 Å². The van der Waals surface area contributed by atoms with Gasteiger partial charge in [-0.15, -0.1) is 0 Å². The second-order valence-corrected chi connectivity index (χ2v) is 10.1. The molecule has 0 bridgehead atoms. The lowest BCUT2D eigenvalue weighted by Gasteiger charge is -2.27. The maximum absolute atomic E-state index is 12.9. The predicted molar refractivity (Wildman–Crippen MR) is 143 cm³/mol. The van der Waals surface area contributed by atoms with Crippen LogP contribution in [0.1, 0.15) is 50.5 Å². The first-order chi connectivity index (χ1) is 17.9. The fraction of sp³-hybridized carbons (Fsp3) is 0.379. The van der Waals surface area contributed by atoms with E-state index >= 15 is 0 Å². The highest BCUT2D eigenvalue weighted by molar-refractivity contribution is 5.92. The molecule has 192 valence electrons. The first-order valence-electron chi connectivity index (χ1n) is 12.9. The van der Waals surface area contributed by atoms with Crippen LogP contribution in [-0.4, -0.2) is 35.1 Å². The molecular weight excluding hydrogens is 466 g/mol. The topological polar surface area (TPSA) is 119 Å². The largest absolute Gasteiger partial charge is 0.446 e. The third kappa shape index (κ3) is 5.97. The standard InChI is InChI=1S/C29H33N5O3/c1-31-28(36)37-22-11-5-19(6-12-22)16-27(35)34-26-17-23(25-4-2-3-15-32-25)24(18-33-26)20-7-9-21(10-8-20)29(30)13-14-29/h2-4,7-10,15,17-19,22H,5-6,11-14,16,30H2,1H3,(H,31,36)(H,33,34,35). The number of nitrogens with one attached hydrogen (secondary N) is 2. The molecule has 2 fully saturated rings. The summed E-state index contributed by atoms with van der Waals surface area (Å²) < 4.78 is 5.35. The Balaban J connectivity index is 1.28. The fourth-order valence-electron chi connectivity index (χ4n) is 5.01. The monoisotopic (exact) mass is 499 g/mol. The van der Waals surface area contributed by atoms with Crippen LogP contribution in [0.3, 0.4) is 0 Å². The van der Waals surface area contributed by atoms with E-state index in [0.717, 1.165) is 66.5 Å². The zero-order valence-corrected chi connectivity index (χ0v) is 21.1. The molecule has 3 aromatic rings. The lowest BCUT2D eigenvalue weighted by Crippen LogP contribution is -2.30. The average Bonchev–Trinajstić information content (AvgIpc) is 3.68. The Bertz CT molecular complexity index is 1250. The van der Waals surface area contributed by atoms with Gasteiger partial charge >= 0.3 is 6.09 Å². The van der Waals surface area contributed by atoms with E-state index in [9.17, 15) is 9.59 Å². The van der Waals surface area contributed by atoms with Gasteiger partial charge in [-0.3, -0.25) is 9.78 Å². The average molecular weight is 500 g/mol. The van der Waals surface area contributed by atoms with E-state index < -0.39 is 6.09 Å². The van der Waals surface area contributed by atoms with Crippen molar-refractivity contribution in [2.24, 2.45) is 11.7 Å². The van der Waals surface area contributed by atoms with Crippen LogP contribution in [0, 0.1) is 5.92 Å². The molecule has 2 aliphatic rings. The Morgan fingerprint density at radius 3 is 2.43 bits per heavy atom. The number of nitrogens with two attached hydrogens (primary N) is 1. The predicted octanol–water partition coefficient (Wildman–Crippen LogP) is 5.00. The first-order valence-corrected chi connectivity index (χ1v) is 12.9. The quantitative estimate of drug-likeness (QED) is 0.421. The summed E-state index contributed by atoms with van der Waals surface area (Å²) in [5.41, 5.74) is 11.0. The normalized spacial score (nSPS) is 20.1. The van der Waals surface area contributed by atoms with E-state index in [4.69, 9.17) is 10.5 Å². The van der Waals surface area contributed by atoms with Gasteiger partial charge in [0.1, 0.15) is 11.9 Å². The van der Waals surface area contributed by atoms with Gasteiger partial charge < -0.3 is 21.1 Å². The number of hydrogen-bond donors (Lipinski definition) is 3. The maximum atomic E-state index is 12.9. The van der Waals surface area contributed by atoms with Crippen molar-refractivity contribution in [1.29, 1.82) is 0 Å². The van der Waals surface area contributed by atoms with E-state index in [2.05, 4.69) is 44.9 Å². The number of benzene rings is 1. The summed E-state index contributed by atoms with van der Waals surface area (Å²) in [6.45, 7) is 0. The zero-order valence-electron chi connectivity index (χ0n) is 21.1. The number of anilines is 1. The highest BCUT2D eigenvalue weighted by Crippen LogP contribution is 2.43. The number of pyridine rings is 2. The van der Waals surface area contributed by atoms with Gasteiger partial charge in [0.2, 0.25) is 5.91 Å². The number of amides is 2. The van der Waals surface area contributed by atoms with Crippen LogP contribution in [0.15, 0.2) is 60.9 Å². The molecule has 0 aliphatic heterocycles. The number of ether oxygens (including phenoxy) is 1. The van der Waals surface area contributed by atoms with Gasteiger partial charge in [0.15, 0.2) is 0 Å². The van der Waals surface area contributed by atoms with Crippen molar-refractivity contribution in [2.45, 2.75) is 56.6 Å². The second-order valence-electron chi connectivity index (χ2n) is 10.1. The summed E-state index contributed by atoms with van der Waals surface area (Å²) in [6, 6.07) is 16.0. The van der Waals surface area contributed by atoms with Gasteiger partial charge in [0.25, 0.3) is 0 Å². The number of rotatable bonds is 7. The number of alkyl carbamates (subject to hydrolysis) is 1. The van der Waals surface area contributed by atoms with Gasteiger partial charge in [0, 0.05) is 42.5 Å². The van der Waals surface area contributed by atoms with E-state index in [1.807, 2.05) is 24.3 Å². The third-order valence-electron chi connectivity index (χ3n) is 7.42. The maximum Gasteiger partial charge on any atom is 0.407 e. The van der Waals surface area contributed by atoms with Gasteiger partial charge in [0.05, 0.1) is 5.69 Å². The van der Waals surface area contributed by atoms with Gasteiger partial charge in [-0.05, 0) is 73.8 Å². The molecule has 2 amide bonds. The lowest BCUT2D eigenvalue weighted by molar-refractivity contribution is -0.117. The summed E-state index contributed by atoms with van der Waals surface area (Å²) in [4.78, 5) is 33.4. The molecule has 8 nitrogen and oxygen atoms in total. The van der Waals surface area contributed by atoms with Crippen molar-refractivity contribution in [3.8, 4) is 22.4 Å². The van der Waals surface area contributed by atoms with Crippen LogP contribution in [0.4, 0.5) is 10.6 Å². The minimum Gasteiger partial charge on any atom is -0.446 e. The van der Waals surface area contributed by atoms with E-state index in [0.29, 0.717) is 12.2 Å². The Labute approximate surface area is 217 Å². The number of nitrogens with zero attached hydrogens (tertiary/aromatic N) is 2. The van der Waals surface area contributed by atoms with E-state index in [-0.39, 0.29) is 23.5 Å². The second kappa shape index (κ2) is 10.7. The molecule has 4 N–H and O–H groups in total. The molecule has 0 unspecified atom stereocenters. The summed E-state index contributed by atoms with van der Waals surface area (Å²) >= 11 is 0. The van der Waals surface area contributed by atoms with Gasteiger partial charge in [-0.2, -0.15) is 0 Å². The molecule has 1 aromatic carbocycles. The molecule has 0 radical (unpaired) electrons. The number of carbonyl (C=O) groups excluding carboxylic acids is 2. The highest BCUT2D eigenvalue weighted by Gasteiger charge is 2.39. The van der Waals surface area contributed by atoms with E-state index in [1.165, 1.54) is 0 Å². The Kier molecular flexibility index (Phi) is 7.19. The molecule has 2 saturated carbocycles. The fourth-order valence-corrected chi connectivity index (χ4v) is 5.01. The van der Waals surface area contributed by atoms with Crippen LogP contribution in [0.25, 0.3) is 22.4 Å². The van der Waals surface area contributed by atoms with Crippen molar-refractivity contribution in [1.82, 2.24) is 15.3 Å². The van der Waals surface area contributed by atoms with Crippen molar-refractivity contribution in [3.05, 3.63) is 66.5 Å². The van der Waals surface area contributed by atoms with Crippen LogP contribution >= 0.6 is 0 Å². The Hall–Kier alpha value is -3.78. The summed E-state index contributed by atoms with van der Waals surface area (Å²) in [5, 5.41) is 5.46. The molecule has 37 heavy (non-hydrogen) atoms. The summed E-state index contributed by atoms with van der Waals surface area (Å²) in [6.07, 6.45) is 8.77. The smallest absolute Gasteiger partial charge is 0.407 e. The van der Waals surface area contributed by atoms with Crippen molar-refractivity contribution >= 4 is 17.8 Å². The van der Waals surface area contributed by atoms with Crippen molar-refractivity contribution in [2.75, 3.05) is 12.4 Å². The molecule has 2 aromatic heterocycles. The molecule has 2 aliphatic carbocycles. The highest BCUT2D eigenvalue weighted by atomic mass is 16.6. The number of aromatic nitrogens is 2. The first kappa shape index (κ1) is 24.9. The van der Waals surface area contributed by atoms with Crippen LogP contribution in [0.2, 0.25) is 0 Å². The molecule has 2 heterocycles. The van der Waals surface area contributed by atoms with Gasteiger partial charge in [-0.25, -0.2) is 9.78 Å². The summed E-state index contributed by atoms with van der Waals surface area (Å²) in [7, 11) is 1.55. The molecule has 0 atom stereocenters. The minimum atomic E-state index is -0.401.